The van der Waals surface area contributed by atoms with Gasteiger partial charge in [-0.25, -0.2) is 4.79 Å². The SMILES string of the molecule is CC(C)Cc1ccc(CC(=O)N2CCOCC2C(=O)O)cc1. The van der Waals surface area contributed by atoms with Gasteiger partial charge in [0.05, 0.1) is 19.6 Å². The molecule has 1 aliphatic heterocycles. The number of morpholine rings is 1. The number of aliphatic carboxylic acids is 1. The van der Waals surface area contributed by atoms with E-state index in [0.717, 1.165) is 12.0 Å². The van der Waals surface area contributed by atoms with Crippen LogP contribution in [0.1, 0.15) is 25.0 Å². The van der Waals surface area contributed by atoms with Gasteiger partial charge in [-0.2, -0.15) is 0 Å². The molecule has 1 saturated heterocycles. The molecule has 0 aliphatic carbocycles. The van der Waals surface area contributed by atoms with Gasteiger partial charge >= 0.3 is 5.97 Å². The normalized spacial score (nSPS) is 18.5. The van der Waals surface area contributed by atoms with Crippen LogP contribution in [0.3, 0.4) is 0 Å². The first-order valence-corrected chi connectivity index (χ1v) is 7.65. The van der Waals surface area contributed by atoms with Crippen LogP contribution in [0.15, 0.2) is 24.3 Å². The molecule has 1 amide bonds. The molecule has 0 radical (unpaired) electrons. The van der Waals surface area contributed by atoms with Gasteiger partial charge in [0.1, 0.15) is 0 Å². The van der Waals surface area contributed by atoms with Crippen LogP contribution in [0.25, 0.3) is 0 Å². The van der Waals surface area contributed by atoms with E-state index in [2.05, 4.69) is 13.8 Å². The second-order valence-electron chi connectivity index (χ2n) is 6.11. The van der Waals surface area contributed by atoms with Crippen molar-refractivity contribution in [2.45, 2.75) is 32.7 Å². The van der Waals surface area contributed by atoms with E-state index >= 15 is 0 Å². The van der Waals surface area contributed by atoms with Crippen LogP contribution in [-0.4, -0.2) is 47.7 Å². The molecular formula is C17H23NO4. The molecule has 5 heteroatoms. The van der Waals surface area contributed by atoms with Gasteiger partial charge in [-0.3, -0.25) is 4.79 Å². The summed E-state index contributed by atoms with van der Waals surface area (Å²) < 4.78 is 5.15. The van der Waals surface area contributed by atoms with Crippen molar-refractivity contribution in [3.8, 4) is 0 Å². The van der Waals surface area contributed by atoms with Crippen LogP contribution in [0, 0.1) is 5.92 Å². The molecule has 1 atom stereocenters. The van der Waals surface area contributed by atoms with E-state index < -0.39 is 12.0 Å². The number of carboxylic acid groups (broad SMARTS) is 1. The number of carboxylic acids is 1. The first kappa shape index (κ1) is 16.5. The highest BCUT2D eigenvalue weighted by Gasteiger charge is 2.32. The van der Waals surface area contributed by atoms with Crippen LogP contribution in [0.5, 0.6) is 0 Å². The molecule has 1 N–H and O–H groups in total. The second kappa shape index (κ2) is 7.40. The smallest absolute Gasteiger partial charge is 0.328 e. The third kappa shape index (κ3) is 4.31. The fourth-order valence-electron chi connectivity index (χ4n) is 2.65. The lowest BCUT2D eigenvalue weighted by atomic mass is 10.0. The average molecular weight is 305 g/mol. The monoisotopic (exact) mass is 305 g/mol. The number of nitrogens with zero attached hydrogens (tertiary/aromatic N) is 1. The first-order chi connectivity index (χ1) is 10.5. The third-order valence-electron chi connectivity index (χ3n) is 3.76. The van der Waals surface area contributed by atoms with Gasteiger partial charge in [-0.05, 0) is 23.5 Å². The van der Waals surface area contributed by atoms with Crippen molar-refractivity contribution in [2.24, 2.45) is 5.92 Å². The van der Waals surface area contributed by atoms with Crippen molar-refractivity contribution >= 4 is 11.9 Å². The zero-order valence-electron chi connectivity index (χ0n) is 13.1. The number of hydrogen-bond acceptors (Lipinski definition) is 3. The fourth-order valence-corrected chi connectivity index (χ4v) is 2.65. The molecule has 0 aromatic heterocycles. The van der Waals surface area contributed by atoms with Gasteiger partial charge in [0.25, 0.3) is 0 Å². The molecule has 0 bridgehead atoms. The Morgan fingerprint density at radius 3 is 2.50 bits per heavy atom. The van der Waals surface area contributed by atoms with E-state index in [4.69, 9.17) is 4.74 Å². The standard InChI is InChI=1S/C17H23NO4/c1-12(2)9-13-3-5-14(6-4-13)10-16(19)18-7-8-22-11-15(18)17(20)21/h3-6,12,15H,7-11H2,1-2H3,(H,20,21). The molecule has 5 nitrogen and oxygen atoms in total. The van der Waals surface area contributed by atoms with Crippen LogP contribution in [0.4, 0.5) is 0 Å². The molecule has 1 aliphatic rings. The van der Waals surface area contributed by atoms with Crippen molar-refractivity contribution < 1.29 is 19.4 Å². The van der Waals surface area contributed by atoms with Gasteiger partial charge < -0.3 is 14.7 Å². The number of ether oxygens (including phenoxy) is 1. The van der Waals surface area contributed by atoms with E-state index in [1.54, 1.807) is 0 Å². The molecule has 1 heterocycles. The Bertz CT molecular complexity index is 524. The van der Waals surface area contributed by atoms with Gasteiger partial charge in [0, 0.05) is 6.54 Å². The van der Waals surface area contributed by atoms with E-state index in [9.17, 15) is 14.7 Å². The van der Waals surface area contributed by atoms with Crippen molar-refractivity contribution in [3.63, 3.8) is 0 Å². The molecule has 0 saturated carbocycles. The van der Waals surface area contributed by atoms with Crippen molar-refractivity contribution in [3.05, 3.63) is 35.4 Å². The summed E-state index contributed by atoms with van der Waals surface area (Å²) in [5.41, 5.74) is 2.16. The number of carbonyl (C=O) groups is 2. The Kier molecular flexibility index (Phi) is 5.55. The van der Waals surface area contributed by atoms with Crippen LogP contribution >= 0.6 is 0 Å². The minimum absolute atomic E-state index is 0.0639. The molecule has 1 aromatic carbocycles. The molecular weight excluding hydrogens is 282 g/mol. The highest BCUT2D eigenvalue weighted by molar-refractivity contribution is 5.85. The van der Waals surface area contributed by atoms with E-state index in [1.165, 1.54) is 10.5 Å². The number of hydrogen-bond donors (Lipinski definition) is 1. The largest absolute Gasteiger partial charge is 0.480 e. The number of rotatable bonds is 5. The minimum Gasteiger partial charge on any atom is -0.480 e. The molecule has 1 fully saturated rings. The summed E-state index contributed by atoms with van der Waals surface area (Å²) in [5.74, 6) is -0.579. The average Bonchev–Trinajstić information content (AvgIpc) is 2.48. The maximum atomic E-state index is 12.4. The predicted octanol–water partition coefficient (Wildman–Crippen LogP) is 1.74. The molecule has 2 rings (SSSR count). The highest BCUT2D eigenvalue weighted by atomic mass is 16.5. The minimum atomic E-state index is -1.01. The number of carbonyl (C=O) groups excluding carboxylic acids is 1. The Morgan fingerprint density at radius 2 is 1.91 bits per heavy atom. The maximum absolute atomic E-state index is 12.4. The molecule has 22 heavy (non-hydrogen) atoms. The molecule has 120 valence electrons. The van der Waals surface area contributed by atoms with Crippen LogP contribution in [0.2, 0.25) is 0 Å². The van der Waals surface area contributed by atoms with Crippen molar-refractivity contribution in [1.82, 2.24) is 4.90 Å². The molecule has 1 unspecified atom stereocenters. The summed E-state index contributed by atoms with van der Waals surface area (Å²) in [6.45, 7) is 5.13. The van der Waals surface area contributed by atoms with Gasteiger partial charge in [0.15, 0.2) is 6.04 Å². The maximum Gasteiger partial charge on any atom is 0.328 e. The Morgan fingerprint density at radius 1 is 1.27 bits per heavy atom. The first-order valence-electron chi connectivity index (χ1n) is 7.65. The van der Waals surface area contributed by atoms with E-state index in [-0.39, 0.29) is 18.9 Å². The van der Waals surface area contributed by atoms with Crippen LogP contribution < -0.4 is 0 Å². The fraction of sp³-hybridized carbons (Fsp3) is 0.529. The van der Waals surface area contributed by atoms with E-state index in [1.807, 2.05) is 24.3 Å². The molecule has 0 spiro atoms. The second-order valence-corrected chi connectivity index (χ2v) is 6.11. The number of amides is 1. The summed E-state index contributed by atoms with van der Waals surface area (Å²) >= 11 is 0. The zero-order chi connectivity index (χ0) is 16.1. The summed E-state index contributed by atoms with van der Waals surface area (Å²) in [4.78, 5) is 25.0. The third-order valence-corrected chi connectivity index (χ3v) is 3.76. The van der Waals surface area contributed by atoms with E-state index in [0.29, 0.717) is 19.1 Å². The van der Waals surface area contributed by atoms with Crippen molar-refractivity contribution in [1.29, 1.82) is 0 Å². The highest BCUT2D eigenvalue weighted by Crippen LogP contribution is 2.13. The van der Waals surface area contributed by atoms with Gasteiger partial charge in [-0.1, -0.05) is 38.1 Å². The zero-order valence-corrected chi connectivity index (χ0v) is 13.1. The van der Waals surface area contributed by atoms with Crippen molar-refractivity contribution in [2.75, 3.05) is 19.8 Å². The van der Waals surface area contributed by atoms with Crippen LogP contribution in [-0.2, 0) is 27.2 Å². The van der Waals surface area contributed by atoms with Gasteiger partial charge in [-0.15, -0.1) is 0 Å². The van der Waals surface area contributed by atoms with Gasteiger partial charge in [0.2, 0.25) is 5.91 Å². The Balaban J connectivity index is 1.99. The Hall–Kier alpha value is -1.88. The Labute approximate surface area is 130 Å². The summed E-state index contributed by atoms with van der Waals surface area (Å²) in [5, 5.41) is 9.17. The lowest BCUT2D eigenvalue weighted by Crippen LogP contribution is -2.53. The quantitative estimate of drug-likeness (QED) is 0.900. The summed E-state index contributed by atoms with van der Waals surface area (Å²) in [7, 11) is 0. The predicted molar refractivity (Wildman–Crippen MR) is 82.6 cm³/mol. The lowest BCUT2D eigenvalue weighted by molar-refractivity contribution is -0.158. The topological polar surface area (TPSA) is 66.8 Å². The molecule has 1 aromatic rings. The lowest BCUT2D eigenvalue weighted by Gasteiger charge is -2.32. The summed E-state index contributed by atoms with van der Waals surface area (Å²) in [6, 6.07) is 7.10. The number of benzene rings is 1. The summed E-state index contributed by atoms with van der Waals surface area (Å²) in [6.07, 6.45) is 1.24.